The van der Waals surface area contributed by atoms with Crippen molar-refractivity contribution in [1.82, 2.24) is 0 Å². The average Bonchev–Trinajstić information content (AvgIpc) is 2.94. The standard InChI is InChI=1S/C14H16ClNO3/c1-9(10-4-5-19-8-10)16-12-7-14(18-3)13(17-2)6-11(12)15/h4-9,16H,1-3H3. The predicted octanol–water partition coefficient (Wildman–Crippen LogP) is 4.12. The van der Waals surface area contributed by atoms with Gasteiger partial charge in [0.2, 0.25) is 0 Å². The van der Waals surface area contributed by atoms with Gasteiger partial charge in [0.25, 0.3) is 0 Å². The SMILES string of the molecule is COc1cc(Cl)c(NC(C)c2ccoc2)cc1OC. The molecule has 5 heteroatoms. The molecule has 2 rings (SSSR count). The highest BCUT2D eigenvalue weighted by Crippen LogP contribution is 2.37. The number of methoxy groups -OCH3 is 2. The topological polar surface area (TPSA) is 43.6 Å². The number of anilines is 1. The summed E-state index contributed by atoms with van der Waals surface area (Å²) in [4.78, 5) is 0. The quantitative estimate of drug-likeness (QED) is 0.895. The molecule has 4 nitrogen and oxygen atoms in total. The first-order valence-electron chi connectivity index (χ1n) is 5.86. The summed E-state index contributed by atoms with van der Waals surface area (Å²) in [7, 11) is 3.17. The summed E-state index contributed by atoms with van der Waals surface area (Å²) in [6, 6.07) is 5.53. The summed E-state index contributed by atoms with van der Waals surface area (Å²) >= 11 is 6.22. The van der Waals surface area contributed by atoms with Crippen LogP contribution in [0.3, 0.4) is 0 Å². The summed E-state index contributed by atoms with van der Waals surface area (Å²) < 4.78 is 15.5. The molecular weight excluding hydrogens is 266 g/mol. The number of furan rings is 1. The minimum Gasteiger partial charge on any atom is -0.493 e. The Morgan fingerprint density at radius 2 is 1.89 bits per heavy atom. The lowest BCUT2D eigenvalue weighted by Crippen LogP contribution is -2.06. The van der Waals surface area contributed by atoms with Crippen LogP contribution >= 0.6 is 11.6 Å². The van der Waals surface area contributed by atoms with E-state index in [4.69, 9.17) is 25.5 Å². The predicted molar refractivity (Wildman–Crippen MR) is 75.3 cm³/mol. The van der Waals surface area contributed by atoms with E-state index in [1.165, 1.54) is 0 Å². The number of hydrogen-bond acceptors (Lipinski definition) is 4. The highest BCUT2D eigenvalue weighted by Gasteiger charge is 2.13. The highest BCUT2D eigenvalue weighted by molar-refractivity contribution is 6.33. The van der Waals surface area contributed by atoms with Crippen molar-refractivity contribution < 1.29 is 13.9 Å². The lowest BCUT2D eigenvalue weighted by atomic mass is 10.1. The Hall–Kier alpha value is -1.81. The van der Waals surface area contributed by atoms with Crippen molar-refractivity contribution in [2.24, 2.45) is 0 Å². The third kappa shape index (κ3) is 2.96. The van der Waals surface area contributed by atoms with E-state index in [1.54, 1.807) is 32.8 Å². The molecule has 1 N–H and O–H groups in total. The Bertz CT molecular complexity index is 540. The van der Waals surface area contributed by atoms with Gasteiger partial charge in [-0.15, -0.1) is 0 Å². The van der Waals surface area contributed by atoms with Gasteiger partial charge < -0.3 is 19.2 Å². The molecule has 102 valence electrons. The number of hydrogen-bond donors (Lipinski definition) is 1. The lowest BCUT2D eigenvalue weighted by Gasteiger charge is -2.17. The molecule has 0 saturated heterocycles. The molecule has 1 aromatic heterocycles. The third-order valence-electron chi connectivity index (χ3n) is 2.89. The molecule has 0 aliphatic heterocycles. The van der Waals surface area contributed by atoms with E-state index in [1.807, 2.05) is 19.1 Å². The van der Waals surface area contributed by atoms with Crippen molar-refractivity contribution in [2.75, 3.05) is 19.5 Å². The molecule has 0 spiro atoms. The zero-order chi connectivity index (χ0) is 13.8. The summed E-state index contributed by atoms with van der Waals surface area (Å²) in [5.41, 5.74) is 1.83. The Morgan fingerprint density at radius 1 is 1.21 bits per heavy atom. The molecule has 0 radical (unpaired) electrons. The van der Waals surface area contributed by atoms with Crippen LogP contribution in [0.5, 0.6) is 11.5 Å². The first-order valence-corrected chi connectivity index (χ1v) is 6.23. The molecule has 0 bridgehead atoms. The first-order chi connectivity index (χ1) is 9.15. The van der Waals surface area contributed by atoms with E-state index in [9.17, 15) is 0 Å². The fourth-order valence-corrected chi connectivity index (χ4v) is 2.01. The minimum atomic E-state index is 0.0781. The molecule has 0 fully saturated rings. The molecule has 0 aliphatic rings. The van der Waals surface area contributed by atoms with E-state index in [2.05, 4.69) is 5.32 Å². The van der Waals surface area contributed by atoms with Gasteiger partial charge in [0.05, 0.1) is 43.5 Å². The summed E-state index contributed by atoms with van der Waals surface area (Å²) in [6.07, 6.45) is 3.34. The number of rotatable bonds is 5. The van der Waals surface area contributed by atoms with Gasteiger partial charge >= 0.3 is 0 Å². The van der Waals surface area contributed by atoms with Crippen LogP contribution < -0.4 is 14.8 Å². The molecule has 1 atom stereocenters. The van der Waals surface area contributed by atoms with Crippen LogP contribution in [0.25, 0.3) is 0 Å². The van der Waals surface area contributed by atoms with Crippen LogP contribution in [0.15, 0.2) is 35.1 Å². The lowest BCUT2D eigenvalue weighted by molar-refractivity contribution is 0.355. The Labute approximate surface area is 117 Å². The van der Waals surface area contributed by atoms with Crippen molar-refractivity contribution in [3.63, 3.8) is 0 Å². The van der Waals surface area contributed by atoms with E-state index < -0.39 is 0 Å². The van der Waals surface area contributed by atoms with Crippen molar-refractivity contribution in [2.45, 2.75) is 13.0 Å². The van der Waals surface area contributed by atoms with Crippen LogP contribution in [0, 0.1) is 0 Å². The minimum absolute atomic E-state index is 0.0781. The second-order valence-electron chi connectivity index (χ2n) is 4.11. The van der Waals surface area contributed by atoms with Gasteiger partial charge in [-0.1, -0.05) is 11.6 Å². The zero-order valence-corrected chi connectivity index (χ0v) is 11.8. The zero-order valence-electron chi connectivity index (χ0n) is 11.1. The summed E-state index contributed by atoms with van der Waals surface area (Å²) in [5.74, 6) is 1.24. The smallest absolute Gasteiger partial charge is 0.162 e. The molecule has 19 heavy (non-hydrogen) atoms. The summed E-state index contributed by atoms with van der Waals surface area (Å²) in [5, 5.41) is 3.89. The normalized spacial score (nSPS) is 12.0. The molecule has 0 aliphatic carbocycles. The number of nitrogens with one attached hydrogen (secondary N) is 1. The van der Waals surface area contributed by atoms with Crippen molar-refractivity contribution in [3.05, 3.63) is 41.3 Å². The van der Waals surface area contributed by atoms with Crippen molar-refractivity contribution >= 4 is 17.3 Å². The maximum atomic E-state index is 6.22. The van der Waals surface area contributed by atoms with Gasteiger partial charge in [-0.2, -0.15) is 0 Å². The van der Waals surface area contributed by atoms with Crippen molar-refractivity contribution in [3.8, 4) is 11.5 Å². The van der Waals surface area contributed by atoms with E-state index in [0.29, 0.717) is 16.5 Å². The van der Waals surface area contributed by atoms with Crippen LogP contribution in [0.1, 0.15) is 18.5 Å². The third-order valence-corrected chi connectivity index (χ3v) is 3.20. The first kappa shape index (κ1) is 13.6. The van der Waals surface area contributed by atoms with E-state index in [-0.39, 0.29) is 6.04 Å². The fourth-order valence-electron chi connectivity index (χ4n) is 1.80. The second-order valence-corrected chi connectivity index (χ2v) is 4.52. The molecule has 1 heterocycles. The Kier molecular flexibility index (Phi) is 4.22. The van der Waals surface area contributed by atoms with Crippen LogP contribution in [0.2, 0.25) is 5.02 Å². The van der Waals surface area contributed by atoms with E-state index >= 15 is 0 Å². The Morgan fingerprint density at radius 3 is 2.47 bits per heavy atom. The van der Waals surface area contributed by atoms with Gasteiger partial charge in [-0.05, 0) is 13.0 Å². The van der Waals surface area contributed by atoms with Gasteiger partial charge in [0, 0.05) is 17.7 Å². The molecule has 2 aromatic rings. The number of halogens is 1. The largest absolute Gasteiger partial charge is 0.493 e. The van der Waals surface area contributed by atoms with Gasteiger partial charge in [0.15, 0.2) is 11.5 Å². The summed E-state index contributed by atoms with van der Waals surface area (Å²) in [6.45, 7) is 2.03. The van der Waals surface area contributed by atoms with Crippen LogP contribution in [-0.2, 0) is 0 Å². The second kappa shape index (κ2) is 5.89. The molecule has 0 amide bonds. The number of ether oxygens (including phenoxy) is 2. The maximum absolute atomic E-state index is 6.22. The Balaban J connectivity index is 2.25. The van der Waals surface area contributed by atoms with Gasteiger partial charge in [0.1, 0.15) is 0 Å². The number of benzene rings is 1. The molecular formula is C14H16ClNO3. The fraction of sp³-hybridized carbons (Fsp3) is 0.286. The highest BCUT2D eigenvalue weighted by atomic mass is 35.5. The van der Waals surface area contributed by atoms with Gasteiger partial charge in [-0.3, -0.25) is 0 Å². The maximum Gasteiger partial charge on any atom is 0.162 e. The van der Waals surface area contributed by atoms with Crippen molar-refractivity contribution in [1.29, 1.82) is 0 Å². The van der Waals surface area contributed by atoms with Gasteiger partial charge in [-0.25, -0.2) is 0 Å². The van der Waals surface area contributed by atoms with E-state index in [0.717, 1.165) is 11.3 Å². The monoisotopic (exact) mass is 281 g/mol. The average molecular weight is 282 g/mol. The van der Waals surface area contributed by atoms with Crippen LogP contribution in [0.4, 0.5) is 5.69 Å². The molecule has 0 saturated carbocycles. The molecule has 1 unspecified atom stereocenters. The van der Waals surface area contributed by atoms with Crippen LogP contribution in [-0.4, -0.2) is 14.2 Å². The molecule has 1 aromatic carbocycles.